The number of rotatable bonds is 4. The zero-order valence-electron chi connectivity index (χ0n) is 8.35. The Kier molecular flexibility index (Phi) is 3.68. The van der Waals surface area contributed by atoms with E-state index in [0.717, 1.165) is 0 Å². The van der Waals surface area contributed by atoms with Crippen LogP contribution in [0.25, 0.3) is 0 Å². The molecule has 0 fully saturated rings. The van der Waals surface area contributed by atoms with E-state index in [1.54, 1.807) is 0 Å². The molecule has 0 aliphatic rings. The van der Waals surface area contributed by atoms with Crippen molar-refractivity contribution < 1.29 is 23.8 Å². The second-order valence-corrected chi connectivity index (χ2v) is 2.57. The lowest BCUT2D eigenvalue weighted by atomic mass is 10.2. The molecule has 0 atom stereocenters. The van der Waals surface area contributed by atoms with E-state index in [1.807, 2.05) is 0 Å². The predicted octanol–water partition coefficient (Wildman–Crippen LogP) is 1.02. The van der Waals surface area contributed by atoms with Crippen molar-refractivity contribution in [1.29, 1.82) is 0 Å². The molecule has 0 N–H and O–H groups in total. The van der Waals surface area contributed by atoms with Crippen LogP contribution in [-0.2, 0) is 9.53 Å². The fourth-order valence-corrected chi connectivity index (χ4v) is 1.09. The van der Waals surface area contributed by atoms with Crippen LogP contribution in [-0.4, -0.2) is 26.7 Å². The van der Waals surface area contributed by atoms with Gasteiger partial charge in [0.1, 0.15) is 17.1 Å². The van der Waals surface area contributed by atoms with Gasteiger partial charge in [0.2, 0.25) is 0 Å². The Balaban J connectivity index is 3.12. The largest absolute Gasteiger partial charge is 0.496 e. The number of carbonyl (C=O) groups excluding carboxylic acids is 2. The first-order valence-electron chi connectivity index (χ1n) is 4.09. The van der Waals surface area contributed by atoms with Crippen LogP contribution in [0.2, 0.25) is 0 Å². The molecule has 0 bridgehead atoms. The first kappa shape index (κ1) is 11.0. The van der Waals surface area contributed by atoms with Crippen LogP contribution in [0.15, 0.2) is 18.2 Å². The maximum absolute atomic E-state index is 11.3. The monoisotopic (exact) mass is 210 g/mol. The lowest BCUT2D eigenvalue weighted by Gasteiger charge is -2.07. The second-order valence-electron chi connectivity index (χ2n) is 2.57. The number of carbonyl (C=O) groups is 2. The Morgan fingerprint density at radius 2 is 2.07 bits per heavy atom. The minimum Gasteiger partial charge on any atom is -0.496 e. The average Bonchev–Trinajstić information content (AvgIpc) is 2.28. The van der Waals surface area contributed by atoms with Crippen LogP contribution in [0, 0.1) is 0 Å². The average molecular weight is 210 g/mol. The van der Waals surface area contributed by atoms with Crippen molar-refractivity contribution in [3.63, 3.8) is 0 Å². The molecule has 80 valence electrons. The Labute approximate surface area is 86.6 Å². The minimum atomic E-state index is -0.553. The third-order valence-electron chi connectivity index (χ3n) is 1.76. The second kappa shape index (κ2) is 4.99. The Hall–Kier alpha value is -2.04. The van der Waals surface area contributed by atoms with Crippen molar-refractivity contribution in [3.8, 4) is 11.5 Å². The van der Waals surface area contributed by atoms with Gasteiger partial charge < -0.3 is 14.2 Å². The molecule has 5 heteroatoms. The Bertz CT molecular complexity index is 372. The first-order valence-corrected chi connectivity index (χ1v) is 4.09. The number of ether oxygens (including phenoxy) is 3. The van der Waals surface area contributed by atoms with Crippen LogP contribution in [0.5, 0.6) is 11.5 Å². The summed E-state index contributed by atoms with van der Waals surface area (Å²) in [5.41, 5.74) is 0.208. The molecule has 0 radical (unpaired) electrons. The molecule has 1 aromatic carbocycles. The maximum atomic E-state index is 11.3. The normalized spacial score (nSPS) is 9.20. The molecule has 0 amide bonds. The zero-order chi connectivity index (χ0) is 11.3. The molecule has 0 heterocycles. The third-order valence-corrected chi connectivity index (χ3v) is 1.76. The number of benzene rings is 1. The molecule has 0 aliphatic heterocycles. The van der Waals surface area contributed by atoms with Crippen LogP contribution in [0.1, 0.15) is 10.4 Å². The fraction of sp³-hybridized carbons (Fsp3) is 0.200. The fourth-order valence-electron chi connectivity index (χ4n) is 1.09. The number of esters is 1. The van der Waals surface area contributed by atoms with Gasteiger partial charge in [0.15, 0.2) is 0 Å². The lowest BCUT2D eigenvalue weighted by Crippen LogP contribution is -2.04. The standard InChI is InChI=1S/C10H10O5/c1-13-9-4-3-7(15-6-11)5-8(9)10(12)14-2/h3-6H,1-2H3. The van der Waals surface area contributed by atoms with Crippen LogP contribution in [0.3, 0.4) is 0 Å². The van der Waals surface area contributed by atoms with Gasteiger partial charge in [-0.05, 0) is 18.2 Å². The summed E-state index contributed by atoms with van der Waals surface area (Å²) >= 11 is 0. The molecule has 0 saturated heterocycles. The molecule has 0 saturated carbocycles. The predicted molar refractivity (Wildman–Crippen MR) is 51.0 cm³/mol. The highest BCUT2D eigenvalue weighted by Crippen LogP contribution is 2.24. The van der Waals surface area contributed by atoms with Gasteiger partial charge in [-0.3, -0.25) is 4.79 Å². The number of methoxy groups -OCH3 is 2. The van der Waals surface area contributed by atoms with Crippen LogP contribution >= 0.6 is 0 Å². The summed E-state index contributed by atoms with van der Waals surface area (Å²) in [6.45, 7) is 0.281. The Morgan fingerprint density at radius 3 is 2.60 bits per heavy atom. The molecular formula is C10H10O5. The van der Waals surface area contributed by atoms with Gasteiger partial charge in [-0.2, -0.15) is 0 Å². The van der Waals surface area contributed by atoms with E-state index in [1.165, 1.54) is 32.4 Å². The van der Waals surface area contributed by atoms with Gasteiger partial charge in [0, 0.05) is 0 Å². The van der Waals surface area contributed by atoms with Gasteiger partial charge in [-0.25, -0.2) is 4.79 Å². The van der Waals surface area contributed by atoms with E-state index < -0.39 is 5.97 Å². The quantitative estimate of drug-likeness (QED) is 0.548. The van der Waals surface area contributed by atoms with Crippen molar-refractivity contribution in [2.75, 3.05) is 14.2 Å². The molecule has 5 nitrogen and oxygen atoms in total. The first-order chi connectivity index (χ1) is 7.22. The topological polar surface area (TPSA) is 61.8 Å². The highest BCUT2D eigenvalue weighted by molar-refractivity contribution is 5.93. The summed E-state index contributed by atoms with van der Waals surface area (Å²) < 4.78 is 14.1. The van der Waals surface area contributed by atoms with Gasteiger partial charge in [-0.15, -0.1) is 0 Å². The Morgan fingerprint density at radius 1 is 1.33 bits per heavy atom. The molecule has 0 aliphatic carbocycles. The van der Waals surface area contributed by atoms with Crippen molar-refractivity contribution >= 4 is 12.4 Å². The van der Waals surface area contributed by atoms with Crippen molar-refractivity contribution in [1.82, 2.24) is 0 Å². The van der Waals surface area contributed by atoms with Gasteiger partial charge in [0.25, 0.3) is 6.47 Å². The molecule has 0 spiro atoms. The molecule has 1 rings (SSSR count). The molecule has 15 heavy (non-hydrogen) atoms. The summed E-state index contributed by atoms with van der Waals surface area (Å²) in [5, 5.41) is 0. The summed E-state index contributed by atoms with van der Waals surface area (Å²) in [5.74, 6) is 0.0643. The van der Waals surface area contributed by atoms with Gasteiger partial charge in [-0.1, -0.05) is 0 Å². The minimum absolute atomic E-state index is 0.208. The molecule has 1 aromatic rings. The van der Waals surface area contributed by atoms with E-state index in [9.17, 15) is 9.59 Å². The van der Waals surface area contributed by atoms with Gasteiger partial charge in [0.05, 0.1) is 14.2 Å². The lowest BCUT2D eigenvalue weighted by molar-refractivity contribution is -0.120. The highest BCUT2D eigenvalue weighted by Gasteiger charge is 2.13. The van der Waals surface area contributed by atoms with Crippen LogP contribution in [0.4, 0.5) is 0 Å². The van der Waals surface area contributed by atoms with Gasteiger partial charge >= 0.3 is 5.97 Å². The van der Waals surface area contributed by atoms with E-state index in [4.69, 9.17) is 4.74 Å². The van der Waals surface area contributed by atoms with E-state index in [0.29, 0.717) is 5.75 Å². The van der Waals surface area contributed by atoms with E-state index >= 15 is 0 Å². The maximum Gasteiger partial charge on any atom is 0.341 e. The van der Waals surface area contributed by atoms with Crippen LogP contribution < -0.4 is 9.47 Å². The van der Waals surface area contributed by atoms with Crippen molar-refractivity contribution in [2.45, 2.75) is 0 Å². The van der Waals surface area contributed by atoms with Crippen molar-refractivity contribution in [3.05, 3.63) is 23.8 Å². The summed E-state index contributed by atoms with van der Waals surface area (Å²) in [6.07, 6.45) is 0. The zero-order valence-corrected chi connectivity index (χ0v) is 8.35. The molecule has 0 aromatic heterocycles. The highest BCUT2D eigenvalue weighted by atomic mass is 16.5. The summed E-state index contributed by atoms with van der Waals surface area (Å²) in [7, 11) is 2.69. The third kappa shape index (κ3) is 2.46. The number of hydrogen-bond donors (Lipinski definition) is 0. The van der Waals surface area contributed by atoms with E-state index in [-0.39, 0.29) is 17.8 Å². The summed E-state index contributed by atoms with van der Waals surface area (Å²) in [6, 6.07) is 4.41. The SMILES string of the molecule is COC(=O)c1cc(OC=O)ccc1OC. The number of hydrogen-bond acceptors (Lipinski definition) is 5. The summed E-state index contributed by atoms with van der Waals surface area (Å²) in [4.78, 5) is 21.4. The van der Waals surface area contributed by atoms with E-state index in [2.05, 4.69) is 9.47 Å². The molecule has 0 unspecified atom stereocenters. The molecular weight excluding hydrogens is 200 g/mol. The van der Waals surface area contributed by atoms with Crippen molar-refractivity contribution in [2.24, 2.45) is 0 Å². The smallest absolute Gasteiger partial charge is 0.341 e.